The van der Waals surface area contributed by atoms with Crippen LogP contribution >= 0.6 is 0 Å². The van der Waals surface area contributed by atoms with Crippen molar-refractivity contribution < 1.29 is 4.79 Å². The minimum absolute atomic E-state index is 0.0971. The van der Waals surface area contributed by atoms with Crippen molar-refractivity contribution in [2.45, 2.75) is 38.6 Å². The Morgan fingerprint density at radius 3 is 2.73 bits per heavy atom. The number of hydrogen-bond acceptors (Lipinski definition) is 4. The highest BCUT2D eigenvalue weighted by Crippen LogP contribution is 2.20. The van der Waals surface area contributed by atoms with Gasteiger partial charge in [-0.2, -0.15) is 0 Å². The Kier molecular flexibility index (Phi) is 5.93. The smallest absolute Gasteiger partial charge is 0.297 e. The Labute approximate surface area is 176 Å². The average Bonchev–Trinajstić information content (AvgIpc) is 3.57. The van der Waals surface area contributed by atoms with Gasteiger partial charge in [0.05, 0.1) is 5.69 Å². The van der Waals surface area contributed by atoms with Gasteiger partial charge in [0.1, 0.15) is 0 Å². The number of amides is 1. The van der Waals surface area contributed by atoms with Gasteiger partial charge in [-0.3, -0.25) is 14.2 Å². The zero-order chi connectivity index (χ0) is 20.9. The number of carbonyl (C=O) groups excluding carboxylic acids is 1. The van der Waals surface area contributed by atoms with Crippen molar-refractivity contribution >= 4 is 11.7 Å². The maximum absolute atomic E-state index is 13.0. The first-order chi connectivity index (χ1) is 14.6. The predicted octanol–water partition coefficient (Wildman–Crippen LogP) is 3.48. The Balaban J connectivity index is 1.48. The Morgan fingerprint density at radius 2 is 1.97 bits per heavy atom. The van der Waals surface area contributed by atoms with Crippen molar-refractivity contribution in [3.8, 4) is 5.69 Å². The molecule has 2 aromatic carbocycles. The van der Waals surface area contributed by atoms with Gasteiger partial charge in [0, 0.05) is 30.5 Å². The van der Waals surface area contributed by atoms with Gasteiger partial charge in [0.2, 0.25) is 0 Å². The van der Waals surface area contributed by atoms with Crippen molar-refractivity contribution in [2.24, 2.45) is 0 Å². The number of nitrogens with one attached hydrogen (secondary N) is 2. The molecule has 1 aliphatic carbocycles. The summed E-state index contributed by atoms with van der Waals surface area (Å²) in [6, 6.07) is 16.0. The van der Waals surface area contributed by atoms with Gasteiger partial charge < -0.3 is 10.6 Å². The molecule has 154 valence electrons. The second-order valence-electron chi connectivity index (χ2n) is 7.72. The van der Waals surface area contributed by atoms with Gasteiger partial charge in [-0.05, 0) is 55.9 Å². The summed E-state index contributed by atoms with van der Waals surface area (Å²) >= 11 is 0. The van der Waals surface area contributed by atoms with Gasteiger partial charge in [-0.15, -0.1) is 0 Å². The molecule has 2 N–H and O–H groups in total. The fourth-order valence-corrected chi connectivity index (χ4v) is 3.37. The molecular formula is C24H26N4O2. The monoisotopic (exact) mass is 402 g/mol. The number of benzene rings is 2. The molecule has 4 rings (SSSR count). The molecule has 0 spiro atoms. The van der Waals surface area contributed by atoms with Crippen LogP contribution in [0.5, 0.6) is 0 Å². The highest BCUT2D eigenvalue weighted by molar-refractivity contribution is 5.95. The van der Waals surface area contributed by atoms with Gasteiger partial charge >= 0.3 is 0 Å². The van der Waals surface area contributed by atoms with Crippen molar-refractivity contribution in [3.63, 3.8) is 0 Å². The summed E-state index contributed by atoms with van der Waals surface area (Å²) in [6.45, 7) is 2.59. The third-order valence-electron chi connectivity index (χ3n) is 5.26. The number of anilines is 1. The average molecular weight is 402 g/mol. The van der Waals surface area contributed by atoms with E-state index < -0.39 is 0 Å². The predicted molar refractivity (Wildman–Crippen MR) is 118 cm³/mol. The lowest BCUT2D eigenvalue weighted by Crippen LogP contribution is -2.27. The maximum atomic E-state index is 13.0. The van der Waals surface area contributed by atoms with Gasteiger partial charge in [0.15, 0.2) is 5.82 Å². The van der Waals surface area contributed by atoms with E-state index in [9.17, 15) is 9.59 Å². The molecule has 0 radical (unpaired) electrons. The number of rotatable bonds is 8. The highest BCUT2D eigenvalue weighted by atomic mass is 16.2. The minimum atomic E-state index is -0.222. The lowest BCUT2D eigenvalue weighted by Gasteiger charge is -2.13. The molecular weight excluding hydrogens is 376 g/mol. The summed E-state index contributed by atoms with van der Waals surface area (Å²) in [5, 5.41) is 6.15. The summed E-state index contributed by atoms with van der Waals surface area (Å²) in [4.78, 5) is 29.6. The topological polar surface area (TPSA) is 76.0 Å². The maximum Gasteiger partial charge on any atom is 0.297 e. The van der Waals surface area contributed by atoms with Crippen molar-refractivity contribution in [3.05, 3.63) is 88.0 Å². The molecule has 6 nitrogen and oxygen atoms in total. The lowest BCUT2D eigenvalue weighted by atomic mass is 10.1. The molecule has 1 saturated carbocycles. The standard InChI is InChI=1S/C24H26N4O2/c1-17-9-10-19(23(29)27-20-11-12-20)16-21(17)28-15-14-26-22(24(28)30)25-13-5-8-18-6-3-2-4-7-18/h2-4,6-7,9-10,14-16,20H,5,8,11-13H2,1H3,(H,25,26)(H,27,29). The molecule has 0 bridgehead atoms. The molecule has 3 aromatic rings. The minimum Gasteiger partial charge on any atom is -0.365 e. The zero-order valence-corrected chi connectivity index (χ0v) is 17.1. The van der Waals surface area contributed by atoms with Crippen molar-refractivity contribution in [2.75, 3.05) is 11.9 Å². The van der Waals surface area contributed by atoms with Gasteiger partial charge in [-0.1, -0.05) is 36.4 Å². The van der Waals surface area contributed by atoms with E-state index in [2.05, 4.69) is 27.8 Å². The second kappa shape index (κ2) is 8.95. The molecule has 30 heavy (non-hydrogen) atoms. The highest BCUT2D eigenvalue weighted by Gasteiger charge is 2.24. The number of aryl methyl sites for hydroxylation is 2. The third kappa shape index (κ3) is 4.76. The van der Waals surface area contributed by atoms with Gasteiger partial charge in [-0.25, -0.2) is 4.98 Å². The van der Waals surface area contributed by atoms with Crippen LogP contribution in [-0.4, -0.2) is 28.0 Å². The number of carbonyl (C=O) groups is 1. The van der Waals surface area contributed by atoms with E-state index in [-0.39, 0.29) is 17.5 Å². The number of nitrogens with zero attached hydrogens (tertiary/aromatic N) is 2. The molecule has 1 aliphatic rings. The Morgan fingerprint density at radius 1 is 1.17 bits per heavy atom. The van der Waals surface area contributed by atoms with E-state index in [0.717, 1.165) is 31.2 Å². The third-order valence-corrected chi connectivity index (χ3v) is 5.26. The molecule has 6 heteroatoms. The first-order valence-corrected chi connectivity index (χ1v) is 10.4. The largest absolute Gasteiger partial charge is 0.365 e. The van der Waals surface area contributed by atoms with Crippen LogP contribution in [0, 0.1) is 6.92 Å². The fourth-order valence-electron chi connectivity index (χ4n) is 3.37. The van der Waals surface area contributed by atoms with Crippen molar-refractivity contribution in [1.29, 1.82) is 0 Å². The molecule has 0 unspecified atom stereocenters. The summed E-state index contributed by atoms with van der Waals surface area (Å²) in [5.74, 6) is 0.220. The second-order valence-corrected chi connectivity index (χ2v) is 7.72. The first kappa shape index (κ1) is 19.9. The van der Waals surface area contributed by atoms with E-state index in [0.29, 0.717) is 23.6 Å². The summed E-state index contributed by atoms with van der Waals surface area (Å²) in [5.41, 5.74) is 3.22. The normalized spacial score (nSPS) is 13.1. The lowest BCUT2D eigenvalue weighted by molar-refractivity contribution is 0.0951. The SMILES string of the molecule is Cc1ccc(C(=O)NC2CC2)cc1-n1ccnc(NCCCc2ccccc2)c1=O. The first-order valence-electron chi connectivity index (χ1n) is 10.4. The molecule has 1 heterocycles. The van der Waals surface area contributed by atoms with E-state index in [1.807, 2.05) is 31.2 Å². The molecule has 0 aliphatic heterocycles. The Bertz CT molecular complexity index is 1090. The van der Waals surface area contributed by atoms with Crippen LogP contribution < -0.4 is 16.2 Å². The van der Waals surface area contributed by atoms with Crippen LogP contribution in [-0.2, 0) is 6.42 Å². The van der Waals surface area contributed by atoms with Crippen LogP contribution in [0.1, 0.15) is 40.7 Å². The molecule has 1 fully saturated rings. The van der Waals surface area contributed by atoms with E-state index in [4.69, 9.17) is 0 Å². The molecule has 1 aromatic heterocycles. The zero-order valence-electron chi connectivity index (χ0n) is 17.1. The van der Waals surface area contributed by atoms with Crippen LogP contribution in [0.2, 0.25) is 0 Å². The van der Waals surface area contributed by atoms with Gasteiger partial charge in [0.25, 0.3) is 11.5 Å². The number of hydrogen-bond donors (Lipinski definition) is 2. The summed E-state index contributed by atoms with van der Waals surface area (Å²) in [6.07, 6.45) is 7.16. The van der Waals surface area contributed by atoms with E-state index in [1.54, 1.807) is 29.1 Å². The van der Waals surface area contributed by atoms with Crippen molar-refractivity contribution in [1.82, 2.24) is 14.9 Å². The van der Waals surface area contributed by atoms with Crippen LogP contribution in [0.4, 0.5) is 5.82 Å². The summed E-state index contributed by atoms with van der Waals surface area (Å²) < 4.78 is 1.55. The fraction of sp³-hybridized carbons (Fsp3) is 0.292. The van der Waals surface area contributed by atoms with Crippen LogP contribution in [0.15, 0.2) is 65.7 Å². The molecule has 0 atom stereocenters. The molecule has 1 amide bonds. The number of aromatic nitrogens is 2. The molecule has 0 saturated heterocycles. The van der Waals surface area contributed by atoms with Crippen LogP contribution in [0.3, 0.4) is 0 Å². The quantitative estimate of drug-likeness (QED) is 0.566. The van der Waals surface area contributed by atoms with E-state index in [1.165, 1.54) is 5.56 Å². The van der Waals surface area contributed by atoms with E-state index >= 15 is 0 Å². The Hall–Kier alpha value is -3.41. The van der Waals surface area contributed by atoms with Crippen LogP contribution in [0.25, 0.3) is 5.69 Å². The summed E-state index contributed by atoms with van der Waals surface area (Å²) in [7, 11) is 0.